The molecular formula is C26H30O6. The maximum atomic E-state index is 12.8. The summed E-state index contributed by atoms with van der Waals surface area (Å²) in [6, 6.07) is 11.7. The number of benzene rings is 2. The van der Waals surface area contributed by atoms with Crippen molar-refractivity contribution in [1.29, 1.82) is 0 Å². The van der Waals surface area contributed by atoms with Crippen molar-refractivity contribution in [2.75, 3.05) is 13.2 Å². The first-order chi connectivity index (χ1) is 15.2. The third-order valence-electron chi connectivity index (χ3n) is 5.24. The molecule has 0 atom stereocenters. The highest BCUT2D eigenvalue weighted by Gasteiger charge is 2.29. The quantitative estimate of drug-likeness (QED) is 0.348. The zero-order valence-corrected chi connectivity index (χ0v) is 19.0. The summed E-state index contributed by atoms with van der Waals surface area (Å²) in [5, 5.41) is 9.96. The van der Waals surface area contributed by atoms with Gasteiger partial charge in [-0.25, -0.2) is 0 Å². The average molecular weight is 439 g/mol. The van der Waals surface area contributed by atoms with Crippen LogP contribution < -0.4 is 10.2 Å². The predicted molar refractivity (Wildman–Crippen MR) is 124 cm³/mol. The van der Waals surface area contributed by atoms with E-state index < -0.39 is 5.41 Å². The van der Waals surface area contributed by atoms with Gasteiger partial charge >= 0.3 is 5.97 Å². The Morgan fingerprint density at radius 3 is 2.53 bits per heavy atom. The summed E-state index contributed by atoms with van der Waals surface area (Å²) >= 11 is 0. The molecule has 0 aliphatic rings. The van der Waals surface area contributed by atoms with Crippen molar-refractivity contribution in [1.82, 2.24) is 0 Å². The highest BCUT2D eigenvalue weighted by atomic mass is 16.5. The molecule has 0 saturated heterocycles. The van der Waals surface area contributed by atoms with Crippen molar-refractivity contribution >= 4 is 16.9 Å². The van der Waals surface area contributed by atoms with Crippen LogP contribution in [0, 0.1) is 11.3 Å². The molecule has 3 rings (SSSR count). The SMILES string of the molecule is CC(C)COC(=O)C(C)(C)CCCOc1ccc(-c2coc3cc(O)ccc3c2=O)cc1. The van der Waals surface area contributed by atoms with E-state index in [9.17, 15) is 14.7 Å². The minimum Gasteiger partial charge on any atom is -0.508 e. The zero-order chi connectivity index (χ0) is 23.3. The van der Waals surface area contributed by atoms with E-state index >= 15 is 0 Å². The van der Waals surface area contributed by atoms with Crippen LogP contribution in [0.1, 0.15) is 40.5 Å². The molecule has 0 amide bonds. The van der Waals surface area contributed by atoms with Gasteiger partial charge in [0.05, 0.1) is 29.6 Å². The first kappa shape index (κ1) is 23.4. The number of aromatic hydroxyl groups is 1. The topological polar surface area (TPSA) is 86.0 Å². The highest BCUT2D eigenvalue weighted by Crippen LogP contribution is 2.26. The molecule has 2 aromatic carbocycles. The van der Waals surface area contributed by atoms with Crippen molar-refractivity contribution in [3.8, 4) is 22.6 Å². The van der Waals surface area contributed by atoms with Crippen molar-refractivity contribution in [2.45, 2.75) is 40.5 Å². The van der Waals surface area contributed by atoms with E-state index in [1.165, 1.54) is 18.4 Å². The van der Waals surface area contributed by atoms with Crippen LogP contribution in [0.4, 0.5) is 0 Å². The molecule has 0 fully saturated rings. The monoisotopic (exact) mass is 438 g/mol. The van der Waals surface area contributed by atoms with Crippen LogP contribution in [-0.2, 0) is 9.53 Å². The molecule has 0 saturated carbocycles. The number of carbonyl (C=O) groups is 1. The molecule has 0 aliphatic carbocycles. The minimum atomic E-state index is -0.553. The van der Waals surface area contributed by atoms with E-state index in [-0.39, 0.29) is 17.1 Å². The van der Waals surface area contributed by atoms with E-state index in [0.29, 0.717) is 54.3 Å². The first-order valence-corrected chi connectivity index (χ1v) is 10.8. The summed E-state index contributed by atoms with van der Waals surface area (Å²) < 4.78 is 16.7. The van der Waals surface area contributed by atoms with Gasteiger partial charge in [0.2, 0.25) is 0 Å². The van der Waals surface area contributed by atoms with Crippen molar-refractivity contribution in [2.24, 2.45) is 11.3 Å². The second-order valence-electron chi connectivity index (χ2n) is 9.01. The van der Waals surface area contributed by atoms with E-state index in [4.69, 9.17) is 13.9 Å². The molecule has 32 heavy (non-hydrogen) atoms. The van der Waals surface area contributed by atoms with Gasteiger partial charge in [0.15, 0.2) is 5.43 Å². The number of esters is 1. The summed E-state index contributed by atoms with van der Waals surface area (Å²) in [4.78, 5) is 25.0. The van der Waals surface area contributed by atoms with Gasteiger partial charge < -0.3 is 19.0 Å². The second-order valence-corrected chi connectivity index (χ2v) is 9.01. The van der Waals surface area contributed by atoms with Gasteiger partial charge in [-0.3, -0.25) is 9.59 Å². The highest BCUT2D eigenvalue weighted by molar-refractivity contribution is 5.82. The lowest BCUT2D eigenvalue weighted by molar-refractivity contribution is -0.155. The molecule has 1 aromatic heterocycles. The fraction of sp³-hybridized carbons (Fsp3) is 0.385. The molecule has 0 unspecified atom stereocenters. The van der Waals surface area contributed by atoms with Crippen molar-refractivity contribution in [3.05, 3.63) is 59.0 Å². The molecule has 3 aromatic rings. The zero-order valence-electron chi connectivity index (χ0n) is 19.0. The molecule has 170 valence electrons. The van der Waals surface area contributed by atoms with Crippen LogP contribution in [0.5, 0.6) is 11.5 Å². The van der Waals surface area contributed by atoms with E-state index in [1.807, 2.05) is 27.7 Å². The maximum absolute atomic E-state index is 12.8. The van der Waals surface area contributed by atoms with Gasteiger partial charge in [0.25, 0.3) is 0 Å². The van der Waals surface area contributed by atoms with Gasteiger partial charge in [-0.15, -0.1) is 0 Å². The Morgan fingerprint density at radius 1 is 1.12 bits per heavy atom. The van der Waals surface area contributed by atoms with Crippen LogP contribution in [0.25, 0.3) is 22.1 Å². The fourth-order valence-electron chi connectivity index (χ4n) is 3.29. The fourth-order valence-corrected chi connectivity index (χ4v) is 3.29. The smallest absolute Gasteiger partial charge is 0.311 e. The lowest BCUT2D eigenvalue weighted by Crippen LogP contribution is -2.28. The third kappa shape index (κ3) is 5.69. The number of carbonyl (C=O) groups excluding carboxylic acids is 1. The summed E-state index contributed by atoms with van der Waals surface area (Å²) in [6.07, 6.45) is 2.78. The van der Waals surface area contributed by atoms with Crippen LogP contribution in [0.3, 0.4) is 0 Å². The molecule has 1 heterocycles. The Balaban J connectivity index is 1.57. The summed E-state index contributed by atoms with van der Waals surface area (Å²) in [7, 11) is 0. The number of hydrogen-bond acceptors (Lipinski definition) is 6. The first-order valence-electron chi connectivity index (χ1n) is 10.8. The second kappa shape index (κ2) is 9.90. The molecular weight excluding hydrogens is 408 g/mol. The average Bonchev–Trinajstić information content (AvgIpc) is 2.75. The van der Waals surface area contributed by atoms with Gasteiger partial charge in [0, 0.05) is 6.07 Å². The van der Waals surface area contributed by atoms with Crippen molar-refractivity contribution in [3.63, 3.8) is 0 Å². The normalized spacial score (nSPS) is 11.7. The summed E-state index contributed by atoms with van der Waals surface area (Å²) in [5.74, 6) is 0.866. The number of phenolic OH excluding ortho intramolecular Hbond substituents is 1. The van der Waals surface area contributed by atoms with Gasteiger partial charge in [-0.1, -0.05) is 26.0 Å². The molecule has 0 spiro atoms. The maximum Gasteiger partial charge on any atom is 0.311 e. The van der Waals surface area contributed by atoms with Crippen molar-refractivity contribution < 1.29 is 23.8 Å². The van der Waals surface area contributed by atoms with Crippen LogP contribution in [0.2, 0.25) is 0 Å². The molecule has 0 aliphatic heterocycles. The molecule has 0 radical (unpaired) electrons. The minimum absolute atomic E-state index is 0.0470. The number of ether oxygens (including phenoxy) is 2. The number of fused-ring (bicyclic) bond motifs is 1. The van der Waals surface area contributed by atoms with E-state index in [2.05, 4.69) is 0 Å². The van der Waals surface area contributed by atoms with E-state index in [1.54, 1.807) is 30.3 Å². The van der Waals surface area contributed by atoms with Gasteiger partial charge in [-0.05, 0) is 62.4 Å². The Bertz CT molecular complexity index is 1130. The summed E-state index contributed by atoms with van der Waals surface area (Å²) in [5.41, 5.74) is 0.788. The number of hydrogen-bond donors (Lipinski definition) is 1. The molecule has 6 heteroatoms. The summed E-state index contributed by atoms with van der Waals surface area (Å²) in [6.45, 7) is 8.71. The Hall–Kier alpha value is -3.28. The standard InChI is InChI=1S/C26H30O6/c1-17(2)15-32-25(29)26(3,4)12-5-13-30-20-9-6-18(7-10-20)22-16-31-23-14-19(27)8-11-21(23)24(22)28/h6-11,14,16-17,27H,5,12-13,15H2,1-4H3. The van der Waals surface area contributed by atoms with Crippen LogP contribution in [-0.4, -0.2) is 24.3 Å². The molecule has 0 bridgehead atoms. The number of phenols is 1. The Labute approximate surface area is 187 Å². The number of rotatable bonds is 9. The van der Waals surface area contributed by atoms with Crippen LogP contribution in [0.15, 0.2) is 57.9 Å². The van der Waals surface area contributed by atoms with E-state index in [0.717, 1.165) is 5.56 Å². The lowest BCUT2D eigenvalue weighted by Gasteiger charge is -2.23. The predicted octanol–water partition coefficient (Wildman–Crippen LogP) is 5.55. The lowest BCUT2D eigenvalue weighted by atomic mass is 9.88. The Kier molecular flexibility index (Phi) is 7.23. The molecule has 1 N–H and O–H groups in total. The largest absolute Gasteiger partial charge is 0.508 e. The van der Waals surface area contributed by atoms with Gasteiger partial charge in [0.1, 0.15) is 23.3 Å². The molecule has 6 nitrogen and oxygen atoms in total. The third-order valence-corrected chi connectivity index (χ3v) is 5.24. The Morgan fingerprint density at radius 2 is 1.84 bits per heavy atom. The van der Waals surface area contributed by atoms with Crippen LogP contribution >= 0.6 is 0 Å². The van der Waals surface area contributed by atoms with Gasteiger partial charge in [-0.2, -0.15) is 0 Å².